The van der Waals surface area contributed by atoms with Crippen LogP contribution in [0, 0.1) is 5.92 Å². The van der Waals surface area contributed by atoms with Crippen LogP contribution in [0.3, 0.4) is 0 Å². The van der Waals surface area contributed by atoms with Gasteiger partial charge in [-0.15, -0.1) is 0 Å². The van der Waals surface area contributed by atoms with E-state index in [0.717, 1.165) is 30.6 Å². The van der Waals surface area contributed by atoms with E-state index < -0.39 is 0 Å². The number of pyridine rings is 1. The summed E-state index contributed by atoms with van der Waals surface area (Å²) < 4.78 is 0. The second kappa shape index (κ2) is 7.17. The zero-order valence-electron chi connectivity index (χ0n) is 14.3. The molecule has 0 radical (unpaired) electrons. The average molecular weight is 355 g/mol. The molecular formula is C21H23ClN2O. The van der Waals surface area contributed by atoms with E-state index in [1.165, 1.54) is 25.7 Å². The molecule has 0 spiro atoms. The molecular weight excluding hydrogens is 332 g/mol. The molecule has 4 rings (SSSR count). The number of fused-ring (bicyclic) bond motifs is 1. The highest BCUT2D eigenvalue weighted by Gasteiger charge is 2.36. The van der Waals surface area contributed by atoms with Gasteiger partial charge in [0.2, 0.25) is 0 Å². The van der Waals surface area contributed by atoms with Crippen LogP contribution in [0.25, 0.3) is 11.3 Å². The smallest absolute Gasteiger partial charge is 0.272 e. The Morgan fingerprint density at radius 1 is 1.00 bits per heavy atom. The average Bonchev–Trinajstić information content (AvgIpc) is 2.68. The highest BCUT2D eigenvalue weighted by molar-refractivity contribution is 6.30. The molecule has 2 heterocycles. The van der Waals surface area contributed by atoms with Crippen LogP contribution in [-0.2, 0) is 0 Å². The van der Waals surface area contributed by atoms with Gasteiger partial charge in [-0.3, -0.25) is 4.79 Å². The van der Waals surface area contributed by atoms with Gasteiger partial charge in [-0.2, -0.15) is 0 Å². The van der Waals surface area contributed by atoms with E-state index in [4.69, 9.17) is 11.6 Å². The number of hydrogen-bond acceptors (Lipinski definition) is 2. The molecule has 1 saturated carbocycles. The number of carbonyl (C=O) groups excluding carboxylic acids is 1. The topological polar surface area (TPSA) is 33.2 Å². The molecule has 2 aliphatic rings. The molecule has 2 unspecified atom stereocenters. The van der Waals surface area contributed by atoms with Crippen LogP contribution < -0.4 is 0 Å². The van der Waals surface area contributed by atoms with E-state index in [2.05, 4.69) is 9.88 Å². The van der Waals surface area contributed by atoms with E-state index in [9.17, 15) is 4.79 Å². The number of aromatic nitrogens is 1. The molecule has 25 heavy (non-hydrogen) atoms. The van der Waals surface area contributed by atoms with Crippen LogP contribution in [0.15, 0.2) is 42.5 Å². The molecule has 1 saturated heterocycles. The fraction of sp³-hybridized carbons (Fsp3) is 0.429. The van der Waals surface area contributed by atoms with Gasteiger partial charge in [-0.25, -0.2) is 4.98 Å². The lowest BCUT2D eigenvalue weighted by atomic mass is 9.78. The van der Waals surface area contributed by atoms with Gasteiger partial charge in [0.25, 0.3) is 5.91 Å². The van der Waals surface area contributed by atoms with E-state index in [1.807, 2.05) is 42.5 Å². The van der Waals surface area contributed by atoms with Crippen molar-refractivity contribution >= 4 is 17.5 Å². The Morgan fingerprint density at radius 3 is 2.60 bits per heavy atom. The Labute approximate surface area is 154 Å². The quantitative estimate of drug-likeness (QED) is 0.742. The van der Waals surface area contributed by atoms with Crippen molar-refractivity contribution in [3.05, 3.63) is 53.2 Å². The van der Waals surface area contributed by atoms with E-state index in [1.54, 1.807) is 0 Å². The third-order valence-corrected chi connectivity index (χ3v) is 5.86. The number of hydrogen-bond donors (Lipinski definition) is 0. The maximum atomic E-state index is 13.1. The number of amides is 1. The van der Waals surface area contributed by atoms with Gasteiger partial charge in [0.1, 0.15) is 5.69 Å². The Bertz CT molecular complexity index is 757. The van der Waals surface area contributed by atoms with Gasteiger partial charge < -0.3 is 4.90 Å². The SMILES string of the molecule is O=C(c1cccc(-c2ccc(Cl)cc2)n1)N1CCCC2CCCCC21. The molecule has 1 aliphatic heterocycles. The summed E-state index contributed by atoms with van der Waals surface area (Å²) in [5, 5.41) is 0.702. The molecule has 1 amide bonds. The van der Waals surface area contributed by atoms with Crippen molar-refractivity contribution in [2.24, 2.45) is 5.92 Å². The minimum absolute atomic E-state index is 0.0902. The zero-order valence-corrected chi connectivity index (χ0v) is 15.1. The summed E-state index contributed by atoms with van der Waals surface area (Å²) in [6.07, 6.45) is 7.35. The first-order chi connectivity index (χ1) is 12.2. The second-order valence-electron chi connectivity index (χ2n) is 7.17. The lowest BCUT2D eigenvalue weighted by Crippen LogP contribution is -2.49. The van der Waals surface area contributed by atoms with Crippen molar-refractivity contribution in [2.45, 2.75) is 44.6 Å². The summed E-state index contributed by atoms with van der Waals surface area (Å²) in [5.41, 5.74) is 2.35. The van der Waals surface area contributed by atoms with Crippen molar-refractivity contribution < 1.29 is 4.79 Å². The summed E-state index contributed by atoms with van der Waals surface area (Å²) in [6.45, 7) is 0.868. The highest BCUT2D eigenvalue weighted by atomic mass is 35.5. The fourth-order valence-corrected chi connectivity index (χ4v) is 4.49. The van der Waals surface area contributed by atoms with E-state index >= 15 is 0 Å². The predicted octanol–water partition coefficient (Wildman–Crippen LogP) is 5.20. The van der Waals surface area contributed by atoms with Gasteiger partial charge in [-0.1, -0.05) is 42.6 Å². The summed E-state index contributed by atoms with van der Waals surface area (Å²) in [6, 6.07) is 13.7. The van der Waals surface area contributed by atoms with Crippen LogP contribution in [0.4, 0.5) is 0 Å². The zero-order chi connectivity index (χ0) is 17.2. The van der Waals surface area contributed by atoms with Crippen molar-refractivity contribution in [3.8, 4) is 11.3 Å². The monoisotopic (exact) mass is 354 g/mol. The number of benzene rings is 1. The Morgan fingerprint density at radius 2 is 1.76 bits per heavy atom. The first-order valence-electron chi connectivity index (χ1n) is 9.26. The summed E-state index contributed by atoms with van der Waals surface area (Å²) in [5.74, 6) is 0.776. The van der Waals surface area contributed by atoms with Gasteiger partial charge in [0.05, 0.1) is 5.69 Å². The van der Waals surface area contributed by atoms with Crippen LogP contribution in [0.5, 0.6) is 0 Å². The maximum absolute atomic E-state index is 13.1. The number of rotatable bonds is 2. The van der Waals surface area contributed by atoms with Gasteiger partial charge in [-0.05, 0) is 55.9 Å². The van der Waals surface area contributed by atoms with Crippen molar-refractivity contribution in [2.75, 3.05) is 6.54 Å². The number of carbonyl (C=O) groups is 1. The Hall–Kier alpha value is -1.87. The summed E-state index contributed by atoms with van der Waals surface area (Å²) in [7, 11) is 0. The summed E-state index contributed by atoms with van der Waals surface area (Å²) in [4.78, 5) is 19.9. The predicted molar refractivity (Wildman–Crippen MR) is 101 cm³/mol. The van der Waals surface area contributed by atoms with E-state index in [-0.39, 0.29) is 5.91 Å². The van der Waals surface area contributed by atoms with Crippen LogP contribution in [-0.4, -0.2) is 28.4 Å². The molecule has 2 aromatic rings. The molecule has 1 aromatic carbocycles. The Balaban J connectivity index is 1.59. The van der Waals surface area contributed by atoms with Crippen LogP contribution in [0.2, 0.25) is 5.02 Å². The van der Waals surface area contributed by atoms with Gasteiger partial charge in [0, 0.05) is 23.2 Å². The number of likely N-dealkylation sites (tertiary alicyclic amines) is 1. The van der Waals surface area contributed by atoms with Crippen LogP contribution >= 0.6 is 11.6 Å². The third-order valence-electron chi connectivity index (χ3n) is 5.61. The largest absolute Gasteiger partial charge is 0.334 e. The van der Waals surface area contributed by atoms with Crippen LogP contribution in [0.1, 0.15) is 49.0 Å². The Kier molecular flexibility index (Phi) is 4.76. The van der Waals surface area contributed by atoms with Crippen molar-refractivity contribution in [1.82, 2.24) is 9.88 Å². The fourth-order valence-electron chi connectivity index (χ4n) is 4.36. The second-order valence-corrected chi connectivity index (χ2v) is 7.60. The van der Waals surface area contributed by atoms with Crippen molar-refractivity contribution in [3.63, 3.8) is 0 Å². The molecule has 4 heteroatoms. The molecule has 0 N–H and O–H groups in total. The normalized spacial score (nSPS) is 23.2. The molecule has 2 fully saturated rings. The molecule has 1 aliphatic carbocycles. The minimum atomic E-state index is 0.0902. The summed E-state index contributed by atoms with van der Waals surface area (Å²) >= 11 is 5.97. The standard InChI is InChI=1S/C21H23ClN2O/c22-17-12-10-15(11-13-17)18-7-3-8-19(23-18)21(25)24-14-4-6-16-5-1-2-9-20(16)24/h3,7-8,10-13,16,20H,1-2,4-6,9,14H2. The first kappa shape index (κ1) is 16.6. The third kappa shape index (κ3) is 3.43. The number of piperidine rings is 1. The highest BCUT2D eigenvalue weighted by Crippen LogP contribution is 2.36. The molecule has 0 bridgehead atoms. The van der Waals surface area contributed by atoms with Crippen molar-refractivity contribution in [1.29, 1.82) is 0 Å². The lowest BCUT2D eigenvalue weighted by molar-refractivity contribution is 0.0385. The minimum Gasteiger partial charge on any atom is -0.334 e. The van der Waals surface area contributed by atoms with E-state index in [0.29, 0.717) is 22.7 Å². The maximum Gasteiger partial charge on any atom is 0.272 e. The molecule has 1 aromatic heterocycles. The number of nitrogens with zero attached hydrogens (tertiary/aromatic N) is 2. The lowest BCUT2D eigenvalue weighted by Gasteiger charge is -2.44. The van der Waals surface area contributed by atoms with Gasteiger partial charge >= 0.3 is 0 Å². The molecule has 2 atom stereocenters. The molecule has 130 valence electrons. The molecule has 3 nitrogen and oxygen atoms in total. The first-order valence-corrected chi connectivity index (χ1v) is 9.64. The number of halogens is 1. The van der Waals surface area contributed by atoms with Gasteiger partial charge in [0.15, 0.2) is 0 Å².